The van der Waals surface area contributed by atoms with Gasteiger partial charge in [0.2, 0.25) is 11.8 Å². The molecule has 2 amide bonds. The lowest BCUT2D eigenvalue weighted by atomic mass is 10.2. The van der Waals surface area contributed by atoms with Crippen molar-refractivity contribution in [2.75, 3.05) is 5.32 Å². The fraction of sp³-hybridized carbons (Fsp3) is 0.524. The summed E-state index contributed by atoms with van der Waals surface area (Å²) in [4.78, 5) is 24.9. The second-order valence-electron chi connectivity index (χ2n) is 7.43. The molecule has 1 fully saturated rings. The molecule has 0 bridgehead atoms. The summed E-state index contributed by atoms with van der Waals surface area (Å²) in [6.45, 7) is 6.46. The van der Waals surface area contributed by atoms with Crippen LogP contribution in [0.15, 0.2) is 29.4 Å². The van der Waals surface area contributed by atoms with Gasteiger partial charge in [-0.2, -0.15) is 0 Å². The molecular formula is C21H29N5O2S. The van der Waals surface area contributed by atoms with Crippen LogP contribution in [0.25, 0.3) is 0 Å². The van der Waals surface area contributed by atoms with E-state index in [2.05, 4.69) is 20.8 Å². The third-order valence-electron chi connectivity index (χ3n) is 5.20. The molecule has 3 rings (SSSR count). The highest BCUT2D eigenvalue weighted by Gasteiger charge is 2.24. The normalized spacial score (nSPS) is 15.3. The van der Waals surface area contributed by atoms with Gasteiger partial charge in [-0.15, -0.1) is 10.2 Å². The van der Waals surface area contributed by atoms with Crippen LogP contribution in [0, 0.1) is 6.92 Å². The van der Waals surface area contributed by atoms with Crippen molar-refractivity contribution in [1.82, 2.24) is 20.1 Å². The molecule has 0 spiro atoms. The average Bonchev–Trinajstić information content (AvgIpc) is 3.33. The molecule has 156 valence electrons. The number of hydrogen-bond donors (Lipinski definition) is 2. The van der Waals surface area contributed by atoms with E-state index in [4.69, 9.17) is 0 Å². The van der Waals surface area contributed by atoms with Gasteiger partial charge in [0.25, 0.3) is 0 Å². The lowest BCUT2D eigenvalue weighted by molar-refractivity contribution is -0.121. The third kappa shape index (κ3) is 5.59. The van der Waals surface area contributed by atoms with Gasteiger partial charge in [0.1, 0.15) is 5.82 Å². The van der Waals surface area contributed by atoms with Crippen LogP contribution >= 0.6 is 11.8 Å². The predicted octanol–water partition coefficient (Wildman–Crippen LogP) is 3.33. The fourth-order valence-electron chi connectivity index (χ4n) is 3.51. The molecule has 0 aliphatic heterocycles. The summed E-state index contributed by atoms with van der Waals surface area (Å²) in [6.07, 6.45) is 4.64. The molecule has 0 unspecified atom stereocenters. The Morgan fingerprint density at radius 1 is 1.24 bits per heavy atom. The summed E-state index contributed by atoms with van der Waals surface area (Å²) in [6, 6.07) is 7.96. The molecule has 1 atom stereocenters. The zero-order chi connectivity index (χ0) is 20.8. The van der Waals surface area contributed by atoms with E-state index in [0.717, 1.165) is 24.1 Å². The van der Waals surface area contributed by atoms with Gasteiger partial charge >= 0.3 is 0 Å². The second-order valence-corrected chi connectivity index (χ2v) is 8.74. The van der Waals surface area contributed by atoms with Crippen LogP contribution in [0.3, 0.4) is 0 Å². The number of thioether (sulfide) groups is 1. The van der Waals surface area contributed by atoms with E-state index in [-0.39, 0.29) is 23.5 Å². The Hall–Kier alpha value is -2.35. The Labute approximate surface area is 176 Å². The molecule has 2 N–H and O–H groups in total. The zero-order valence-electron chi connectivity index (χ0n) is 17.3. The van der Waals surface area contributed by atoms with E-state index < -0.39 is 0 Å². The summed E-state index contributed by atoms with van der Waals surface area (Å²) in [5.41, 5.74) is 1.81. The highest BCUT2D eigenvalue weighted by atomic mass is 32.2. The van der Waals surface area contributed by atoms with Gasteiger partial charge in [0.15, 0.2) is 5.16 Å². The maximum atomic E-state index is 12.5. The van der Waals surface area contributed by atoms with Crippen molar-refractivity contribution in [1.29, 1.82) is 0 Å². The van der Waals surface area contributed by atoms with Crippen molar-refractivity contribution in [3.8, 4) is 0 Å². The van der Waals surface area contributed by atoms with Crippen molar-refractivity contribution in [3.05, 3.63) is 35.7 Å². The molecular weight excluding hydrogens is 386 g/mol. The quantitative estimate of drug-likeness (QED) is 0.646. The number of amides is 2. The van der Waals surface area contributed by atoms with E-state index >= 15 is 0 Å². The number of benzene rings is 1. The molecule has 1 aromatic carbocycles. The van der Waals surface area contributed by atoms with Gasteiger partial charge in [0, 0.05) is 18.3 Å². The van der Waals surface area contributed by atoms with Crippen molar-refractivity contribution < 1.29 is 9.59 Å². The summed E-state index contributed by atoms with van der Waals surface area (Å²) in [7, 11) is 0. The highest BCUT2D eigenvalue weighted by molar-refractivity contribution is 8.00. The molecule has 7 nitrogen and oxygen atoms in total. The smallest absolute Gasteiger partial charge is 0.233 e. The van der Waals surface area contributed by atoms with E-state index in [1.54, 1.807) is 0 Å². The van der Waals surface area contributed by atoms with Crippen molar-refractivity contribution in [2.45, 2.75) is 75.9 Å². The van der Waals surface area contributed by atoms with Crippen molar-refractivity contribution in [2.24, 2.45) is 0 Å². The second kappa shape index (κ2) is 9.91. The number of carbonyl (C=O) groups excluding carboxylic acids is 2. The molecule has 0 radical (unpaired) electrons. The first-order valence-corrected chi connectivity index (χ1v) is 11.1. The molecule has 0 saturated heterocycles. The summed E-state index contributed by atoms with van der Waals surface area (Å²) >= 11 is 1.39. The van der Waals surface area contributed by atoms with Crippen LogP contribution in [0.1, 0.15) is 50.9 Å². The van der Waals surface area contributed by atoms with Gasteiger partial charge < -0.3 is 15.2 Å². The maximum absolute atomic E-state index is 12.5. The number of aromatic nitrogens is 3. The molecule has 8 heteroatoms. The fourth-order valence-corrected chi connectivity index (χ4v) is 4.45. The monoisotopic (exact) mass is 415 g/mol. The molecule has 1 saturated carbocycles. The van der Waals surface area contributed by atoms with Crippen molar-refractivity contribution >= 4 is 29.3 Å². The molecule has 29 heavy (non-hydrogen) atoms. The van der Waals surface area contributed by atoms with E-state index in [1.807, 2.05) is 49.6 Å². The van der Waals surface area contributed by atoms with Crippen LogP contribution in [0.4, 0.5) is 5.69 Å². The minimum absolute atomic E-state index is 0.0337. The van der Waals surface area contributed by atoms with Crippen LogP contribution in [0.2, 0.25) is 0 Å². The number of aryl methyl sites for hydroxylation is 1. The average molecular weight is 416 g/mol. The number of nitrogens with one attached hydrogen (secondary N) is 2. The first kappa shape index (κ1) is 21.4. The molecule has 1 aromatic heterocycles. The zero-order valence-corrected chi connectivity index (χ0v) is 18.1. The van der Waals surface area contributed by atoms with Crippen LogP contribution in [-0.2, 0) is 22.6 Å². The van der Waals surface area contributed by atoms with Gasteiger partial charge in [-0.3, -0.25) is 9.59 Å². The third-order valence-corrected chi connectivity index (χ3v) is 6.28. The minimum Gasteiger partial charge on any atom is -0.352 e. The topological polar surface area (TPSA) is 88.9 Å². The van der Waals surface area contributed by atoms with Crippen LogP contribution in [-0.4, -0.2) is 37.9 Å². The van der Waals surface area contributed by atoms with Crippen LogP contribution in [0.5, 0.6) is 0 Å². The largest absolute Gasteiger partial charge is 0.352 e. The Morgan fingerprint density at radius 2 is 1.97 bits per heavy atom. The lowest BCUT2D eigenvalue weighted by Crippen LogP contribution is -2.37. The number of hydrogen-bond acceptors (Lipinski definition) is 5. The van der Waals surface area contributed by atoms with Gasteiger partial charge in [0.05, 0.1) is 11.7 Å². The van der Waals surface area contributed by atoms with Crippen LogP contribution < -0.4 is 10.6 Å². The SMILES string of the molecule is CCn1c(CC(=O)Nc2ccccc2C)nnc1S[C@@H](C)C(=O)NC1CCCC1. The van der Waals surface area contributed by atoms with E-state index in [0.29, 0.717) is 23.6 Å². The Kier molecular flexibility index (Phi) is 7.30. The van der Waals surface area contributed by atoms with E-state index in [1.165, 1.54) is 24.6 Å². The van der Waals surface area contributed by atoms with Gasteiger partial charge in [-0.05, 0) is 45.2 Å². The summed E-state index contributed by atoms with van der Waals surface area (Å²) in [5.74, 6) is 0.501. The number of anilines is 1. The van der Waals surface area contributed by atoms with E-state index in [9.17, 15) is 9.59 Å². The summed E-state index contributed by atoms with van der Waals surface area (Å²) < 4.78 is 1.90. The maximum Gasteiger partial charge on any atom is 0.233 e. The number of nitrogens with zero attached hydrogens (tertiary/aromatic N) is 3. The number of rotatable bonds is 8. The Balaban J connectivity index is 1.61. The molecule has 1 heterocycles. The Morgan fingerprint density at radius 3 is 2.66 bits per heavy atom. The Bertz CT molecular complexity index is 861. The number of para-hydroxylation sites is 1. The lowest BCUT2D eigenvalue weighted by Gasteiger charge is -2.16. The predicted molar refractivity (Wildman–Crippen MR) is 115 cm³/mol. The number of carbonyl (C=O) groups is 2. The first-order chi connectivity index (χ1) is 14.0. The molecule has 1 aliphatic carbocycles. The minimum atomic E-state index is -0.265. The summed E-state index contributed by atoms with van der Waals surface area (Å²) in [5, 5.41) is 14.9. The molecule has 2 aromatic rings. The van der Waals surface area contributed by atoms with Gasteiger partial charge in [-0.25, -0.2) is 0 Å². The highest BCUT2D eigenvalue weighted by Crippen LogP contribution is 2.24. The first-order valence-electron chi connectivity index (χ1n) is 10.2. The van der Waals surface area contributed by atoms with Crippen molar-refractivity contribution in [3.63, 3.8) is 0 Å². The molecule has 1 aliphatic rings. The van der Waals surface area contributed by atoms with Gasteiger partial charge in [-0.1, -0.05) is 42.8 Å². The standard InChI is InChI=1S/C21H29N5O2S/c1-4-26-18(13-19(27)23-17-12-8-5-9-14(17)2)24-25-21(26)29-15(3)20(28)22-16-10-6-7-11-16/h5,8-9,12,15-16H,4,6-7,10-11,13H2,1-3H3,(H,22,28)(H,23,27)/t15-/m0/s1.